The van der Waals surface area contributed by atoms with E-state index in [9.17, 15) is 4.79 Å². The molecule has 3 heterocycles. The summed E-state index contributed by atoms with van der Waals surface area (Å²) >= 11 is 0. The smallest absolute Gasteiger partial charge is 0.262 e. The highest BCUT2D eigenvalue weighted by atomic mass is 16.1. The largest absolute Gasteiger partial charge is 0.296 e. The van der Waals surface area contributed by atoms with Crippen molar-refractivity contribution in [3.63, 3.8) is 0 Å². The van der Waals surface area contributed by atoms with E-state index in [0.29, 0.717) is 12.3 Å². The maximum Gasteiger partial charge on any atom is 0.262 e. The minimum Gasteiger partial charge on any atom is -0.296 e. The molecule has 32 heavy (non-hydrogen) atoms. The molecule has 5 rings (SSSR count). The van der Waals surface area contributed by atoms with E-state index in [1.807, 2.05) is 31.2 Å². The number of hydrogen-bond donors (Lipinski definition) is 0. The molecule has 0 aliphatic carbocycles. The zero-order valence-corrected chi connectivity index (χ0v) is 19.0. The summed E-state index contributed by atoms with van der Waals surface area (Å²) in [4.78, 5) is 15.3. The zero-order chi connectivity index (χ0) is 22.1. The van der Waals surface area contributed by atoms with E-state index in [1.54, 1.807) is 4.57 Å². The Morgan fingerprint density at radius 2 is 1.75 bits per heavy atom. The topological polar surface area (TPSA) is 55.4 Å². The molecule has 0 amide bonds. The van der Waals surface area contributed by atoms with Crippen molar-refractivity contribution in [2.24, 2.45) is 5.92 Å². The molecule has 166 valence electrons. The molecule has 2 aromatic carbocycles. The van der Waals surface area contributed by atoms with Crippen molar-refractivity contribution in [2.75, 3.05) is 13.1 Å². The first-order valence-corrected chi connectivity index (χ1v) is 11.8. The molecule has 0 saturated carbocycles. The summed E-state index contributed by atoms with van der Waals surface area (Å²) < 4.78 is 3.79. The van der Waals surface area contributed by atoms with Crippen molar-refractivity contribution in [1.82, 2.24) is 24.1 Å². The van der Waals surface area contributed by atoms with Gasteiger partial charge < -0.3 is 0 Å². The Kier molecular flexibility index (Phi) is 5.79. The van der Waals surface area contributed by atoms with Gasteiger partial charge in [0.2, 0.25) is 5.78 Å². The lowest BCUT2D eigenvalue weighted by Crippen LogP contribution is -2.34. The Morgan fingerprint density at radius 3 is 2.50 bits per heavy atom. The van der Waals surface area contributed by atoms with Gasteiger partial charge in [-0.1, -0.05) is 42.0 Å². The second-order valence-corrected chi connectivity index (χ2v) is 9.06. The van der Waals surface area contributed by atoms with Crippen LogP contribution in [0.15, 0.2) is 53.3 Å². The highest BCUT2D eigenvalue weighted by Gasteiger charge is 2.22. The van der Waals surface area contributed by atoms with Gasteiger partial charge >= 0.3 is 0 Å². The molecular formula is C26H31N5O. The second kappa shape index (κ2) is 8.87. The van der Waals surface area contributed by atoms with Crippen LogP contribution in [0.3, 0.4) is 0 Å². The Morgan fingerprint density at radius 1 is 1.00 bits per heavy atom. The molecule has 0 spiro atoms. The number of piperidine rings is 1. The molecule has 0 atom stereocenters. The summed E-state index contributed by atoms with van der Waals surface area (Å²) in [5, 5.41) is 9.62. The Bertz CT molecular complexity index is 1280. The molecule has 6 heteroatoms. The summed E-state index contributed by atoms with van der Waals surface area (Å²) in [6, 6.07) is 16.7. The van der Waals surface area contributed by atoms with Gasteiger partial charge in [0.1, 0.15) is 0 Å². The third kappa shape index (κ3) is 3.95. The molecule has 0 radical (unpaired) electrons. The number of benzene rings is 2. The SMILES string of the molecule is CCn1c(=O)c2ccccc2n2c(CN3CCC(CCc4ccc(C)cc4)CC3)nnc12. The highest BCUT2D eigenvalue weighted by Crippen LogP contribution is 2.24. The molecule has 4 aromatic rings. The van der Waals surface area contributed by atoms with Gasteiger partial charge in [-0.05, 0) is 76.2 Å². The summed E-state index contributed by atoms with van der Waals surface area (Å²) in [6.45, 7) is 7.63. The molecular weight excluding hydrogens is 398 g/mol. The summed E-state index contributed by atoms with van der Waals surface area (Å²) in [5.41, 5.74) is 3.67. The zero-order valence-electron chi connectivity index (χ0n) is 19.0. The van der Waals surface area contributed by atoms with E-state index < -0.39 is 0 Å². The van der Waals surface area contributed by atoms with Crippen molar-refractivity contribution in [3.05, 3.63) is 75.8 Å². The van der Waals surface area contributed by atoms with Crippen molar-refractivity contribution in [1.29, 1.82) is 0 Å². The standard InChI is InChI=1S/C26H31N5O/c1-3-30-25(32)22-6-4-5-7-23(22)31-24(27-28-26(30)31)18-29-16-14-21(15-17-29)13-12-20-10-8-19(2)9-11-20/h4-11,21H,3,12-18H2,1-2H3. The predicted molar refractivity (Wildman–Crippen MR) is 128 cm³/mol. The normalized spacial score (nSPS) is 15.7. The average molecular weight is 430 g/mol. The molecule has 2 aromatic heterocycles. The number of nitrogens with zero attached hydrogens (tertiary/aromatic N) is 5. The summed E-state index contributed by atoms with van der Waals surface area (Å²) in [6.07, 6.45) is 4.88. The van der Waals surface area contributed by atoms with Crippen molar-refractivity contribution >= 4 is 16.7 Å². The van der Waals surface area contributed by atoms with Crippen LogP contribution in [0, 0.1) is 12.8 Å². The third-order valence-electron chi connectivity index (χ3n) is 6.93. The fraction of sp³-hybridized carbons (Fsp3) is 0.423. The summed E-state index contributed by atoms with van der Waals surface area (Å²) in [5.74, 6) is 2.34. The molecule has 1 aliphatic heterocycles. The van der Waals surface area contributed by atoms with Crippen LogP contribution < -0.4 is 5.56 Å². The van der Waals surface area contributed by atoms with Crippen molar-refractivity contribution in [2.45, 2.75) is 52.6 Å². The van der Waals surface area contributed by atoms with Crippen molar-refractivity contribution < 1.29 is 0 Å². The first kappa shape index (κ1) is 20.9. The molecule has 1 aliphatic rings. The average Bonchev–Trinajstić information content (AvgIpc) is 3.23. The van der Waals surface area contributed by atoms with Gasteiger partial charge in [0.15, 0.2) is 5.82 Å². The van der Waals surface area contributed by atoms with Crippen molar-refractivity contribution in [3.8, 4) is 0 Å². The molecule has 1 saturated heterocycles. The van der Waals surface area contributed by atoms with E-state index in [-0.39, 0.29) is 5.56 Å². The lowest BCUT2D eigenvalue weighted by molar-refractivity contribution is 0.168. The lowest BCUT2D eigenvalue weighted by atomic mass is 9.90. The van der Waals surface area contributed by atoms with E-state index in [2.05, 4.69) is 50.7 Å². The van der Waals surface area contributed by atoms with Crippen LogP contribution in [-0.4, -0.2) is 37.2 Å². The molecule has 6 nitrogen and oxygen atoms in total. The number of para-hydroxylation sites is 1. The van der Waals surface area contributed by atoms with E-state index in [4.69, 9.17) is 0 Å². The van der Waals surface area contributed by atoms with Gasteiger partial charge in [0.25, 0.3) is 5.56 Å². The van der Waals surface area contributed by atoms with E-state index >= 15 is 0 Å². The van der Waals surface area contributed by atoms with Gasteiger partial charge in [0, 0.05) is 6.54 Å². The highest BCUT2D eigenvalue weighted by molar-refractivity contribution is 5.80. The van der Waals surface area contributed by atoms with Crippen LogP contribution in [0.5, 0.6) is 0 Å². The number of hydrogen-bond acceptors (Lipinski definition) is 4. The van der Waals surface area contributed by atoms with Crippen LogP contribution in [0.4, 0.5) is 0 Å². The second-order valence-electron chi connectivity index (χ2n) is 9.06. The Balaban J connectivity index is 1.29. The Hall–Kier alpha value is -2.99. The monoisotopic (exact) mass is 429 g/mol. The van der Waals surface area contributed by atoms with E-state index in [1.165, 1.54) is 36.8 Å². The molecule has 1 fully saturated rings. The maximum atomic E-state index is 12.9. The number of fused-ring (bicyclic) bond motifs is 3. The van der Waals surface area contributed by atoms with Gasteiger partial charge in [-0.2, -0.15) is 0 Å². The number of aryl methyl sites for hydroxylation is 3. The van der Waals surface area contributed by atoms with Crippen LogP contribution >= 0.6 is 0 Å². The molecule has 0 N–H and O–H groups in total. The van der Waals surface area contributed by atoms with Gasteiger partial charge in [-0.25, -0.2) is 0 Å². The molecule has 0 unspecified atom stereocenters. The first-order chi connectivity index (χ1) is 15.6. The van der Waals surface area contributed by atoms with Crippen LogP contribution in [0.25, 0.3) is 16.7 Å². The van der Waals surface area contributed by atoms with Gasteiger partial charge in [-0.15, -0.1) is 10.2 Å². The first-order valence-electron chi connectivity index (χ1n) is 11.8. The predicted octanol–water partition coefficient (Wildman–Crippen LogP) is 4.22. The summed E-state index contributed by atoms with van der Waals surface area (Å²) in [7, 11) is 0. The van der Waals surface area contributed by atoms with E-state index in [0.717, 1.165) is 42.3 Å². The quantitative estimate of drug-likeness (QED) is 0.461. The van der Waals surface area contributed by atoms with Crippen LogP contribution in [-0.2, 0) is 19.5 Å². The fourth-order valence-electron chi connectivity index (χ4n) is 4.96. The fourth-order valence-corrected chi connectivity index (χ4v) is 4.96. The lowest BCUT2D eigenvalue weighted by Gasteiger charge is -2.31. The third-order valence-corrected chi connectivity index (χ3v) is 6.93. The number of aromatic nitrogens is 4. The Labute approximate surface area is 188 Å². The van der Waals surface area contributed by atoms with Crippen LogP contribution in [0.1, 0.15) is 43.1 Å². The number of rotatable bonds is 6. The number of likely N-dealkylation sites (tertiary alicyclic amines) is 1. The van der Waals surface area contributed by atoms with Gasteiger partial charge in [-0.3, -0.25) is 18.7 Å². The maximum absolute atomic E-state index is 12.9. The van der Waals surface area contributed by atoms with Crippen LogP contribution in [0.2, 0.25) is 0 Å². The minimum absolute atomic E-state index is 0.00365. The molecule has 0 bridgehead atoms. The minimum atomic E-state index is 0.00365. The van der Waals surface area contributed by atoms with Gasteiger partial charge in [0.05, 0.1) is 17.4 Å².